The average Bonchev–Trinajstić information content (AvgIpc) is 3.14. The maximum absolute atomic E-state index is 13.3. The van der Waals surface area contributed by atoms with Crippen LogP contribution in [0.2, 0.25) is 0 Å². The van der Waals surface area contributed by atoms with Crippen molar-refractivity contribution >= 4 is 5.95 Å². The summed E-state index contributed by atoms with van der Waals surface area (Å²) < 4.78 is 18.7. The van der Waals surface area contributed by atoms with Crippen molar-refractivity contribution in [2.24, 2.45) is 0 Å². The Morgan fingerprint density at radius 2 is 1.89 bits per heavy atom. The molecule has 3 heterocycles. The van der Waals surface area contributed by atoms with Crippen molar-refractivity contribution in [3.8, 4) is 22.6 Å². The summed E-state index contributed by atoms with van der Waals surface area (Å²) in [7, 11) is 0. The van der Waals surface area contributed by atoms with Crippen LogP contribution in [0.5, 0.6) is 0 Å². The average molecular weight is 382 g/mol. The minimum absolute atomic E-state index is 0.200. The molecule has 0 saturated carbocycles. The number of morpholine rings is 1. The Balaban J connectivity index is 1.57. The fraction of sp³-hybridized carbons (Fsp3) is 0.350. The molecule has 7 nitrogen and oxygen atoms in total. The van der Waals surface area contributed by atoms with Gasteiger partial charge in [0.2, 0.25) is 5.95 Å². The third-order valence-corrected chi connectivity index (χ3v) is 4.79. The van der Waals surface area contributed by atoms with Crippen molar-refractivity contribution in [3.63, 3.8) is 0 Å². The maximum Gasteiger partial charge on any atom is 0.220 e. The number of halogens is 1. The van der Waals surface area contributed by atoms with Gasteiger partial charge in [0.25, 0.3) is 0 Å². The molecule has 0 amide bonds. The molecule has 1 fully saturated rings. The number of anilines is 1. The molecular weight excluding hydrogens is 359 g/mol. The lowest BCUT2D eigenvalue weighted by atomic mass is 10.1. The van der Waals surface area contributed by atoms with Gasteiger partial charge in [-0.05, 0) is 43.3 Å². The minimum atomic E-state index is -0.280. The van der Waals surface area contributed by atoms with E-state index in [0.717, 1.165) is 68.5 Å². The molecule has 0 radical (unpaired) electrons. The van der Waals surface area contributed by atoms with Crippen LogP contribution in [0, 0.1) is 5.82 Å². The molecule has 3 N–H and O–H groups in total. The zero-order valence-electron chi connectivity index (χ0n) is 15.6. The standard InChI is InChI=1S/C20H23FN6O/c21-15-5-3-14(4-6-15)18-19(16-7-8-23-20(22)24-16)26-17(25-18)2-1-9-27-10-12-28-13-11-27/h3-8H,1-2,9-13H2,(H,25,26)(H2,22,23,24). The second-order valence-electron chi connectivity index (χ2n) is 6.77. The first-order valence-electron chi connectivity index (χ1n) is 9.43. The van der Waals surface area contributed by atoms with Crippen molar-refractivity contribution < 1.29 is 9.13 Å². The molecule has 3 aromatic rings. The van der Waals surface area contributed by atoms with E-state index >= 15 is 0 Å². The summed E-state index contributed by atoms with van der Waals surface area (Å²) in [5, 5.41) is 0. The van der Waals surface area contributed by atoms with E-state index < -0.39 is 0 Å². The molecule has 0 atom stereocenters. The number of nitrogens with zero attached hydrogens (tertiary/aromatic N) is 4. The van der Waals surface area contributed by atoms with E-state index in [9.17, 15) is 4.39 Å². The molecule has 2 aromatic heterocycles. The molecule has 1 saturated heterocycles. The van der Waals surface area contributed by atoms with Gasteiger partial charge in [-0.1, -0.05) is 0 Å². The van der Waals surface area contributed by atoms with Gasteiger partial charge in [0.1, 0.15) is 11.6 Å². The summed E-state index contributed by atoms with van der Waals surface area (Å²) in [6, 6.07) is 8.09. The number of nitrogens with one attached hydrogen (secondary N) is 1. The van der Waals surface area contributed by atoms with Crippen LogP contribution in [0.25, 0.3) is 22.6 Å². The van der Waals surface area contributed by atoms with E-state index in [1.54, 1.807) is 24.4 Å². The molecule has 0 aliphatic carbocycles. The Bertz CT molecular complexity index is 921. The van der Waals surface area contributed by atoms with Crippen LogP contribution < -0.4 is 5.73 Å². The lowest BCUT2D eigenvalue weighted by molar-refractivity contribution is 0.0374. The second-order valence-corrected chi connectivity index (χ2v) is 6.77. The normalized spacial score (nSPS) is 15.0. The fourth-order valence-electron chi connectivity index (χ4n) is 3.35. The molecule has 0 bridgehead atoms. The predicted molar refractivity (Wildman–Crippen MR) is 105 cm³/mol. The summed E-state index contributed by atoms with van der Waals surface area (Å²) in [6.45, 7) is 4.56. The highest BCUT2D eigenvalue weighted by molar-refractivity contribution is 5.76. The first-order chi connectivity index (χ1) is 13.7. The van der Waals surface area contributed by atoms with Gasteiger partial charge in [-0.25, -0.2) is 19.3 Å². The van der Waals surface area contributed by atoms with Crippen LogP contribution in [0.15, 0.2) is 36.5 Å². The minimum Gasteiger partial charge on any atom is -0.379 e. The summed E-state index contributed by atoms with van der Waals surface area (Å²) in [5.74, 6) is 0.795. The Morgan fingerprint density at radius 1 is 1.11 bits per heavy atom. The molecule has 1 aliphatic rings. The molecule has 1 aliphatic heterocycles. The zero-order valence-corrected chi connectivity index (χ0v) is 15.6. The first-order valence-corrected chi connectivity index (χ1v) is 9.43. The number of imidazole rings is 1. The first kappa shape index (κ1) is 18.5. The van der Waals surface area contributed by atoms with Crippen molar-refractivity contribution in [2.45, 2.75) is 12.8 Å². The number of rotatable bonds is 6. The molecule has 146 valence electrons. The number of hydrogen-bond donors (Lipinski definition) is 2. The molecule has 0 spiro atoms. The highest BCUT2D eigenvalue weighted by atomic mass is 19.1. The monoisotopic (exact) mass is 382 g/mol. The molecule has 4 rings (SSSR count). The molecule has 8 heteroatoms. The van der Waals surface area contributed by atoms with Crippen LogP contribution in [0.4, 0.5) is 10.3 Å². The number of aromatic nitrogens is 4. The van der Waals surface area contributed by atoms with Crippen molar-refractivity contribution in [1.29, 1.82) is 0 Å². The van der Waals surface area contributed by atoms with Crippen molar-refractivity contribution in [3.05, 3.63) is 48.2 Å². The van der Waals surface area contributed by atoms with Gasteiger partial charge >= 0.3 is 0 Å². The van der Waals surface area contributed by atoms with E-state index in [1.165, 1.54) is 12.1 Å². The van der Waals surface area contributed by atoms with Gasteiger partial charge in [-0.3, -0.25) is 4.90 Å². The van der Waals surface area contributed by atoms with Gasteiger partial charge < -0.3 is 15.5 Å². The molecular formula is C20H23FN6O. The fourth-order valence-corrected chi connectivity index (χ4v) is 3.35. The highest BCUT2D eigenvalue weighted by Crippen LogP contribution is 2.29. The molecule has 1 aromatic carbocycles. The van der Waals surface area contributed by atoms with Gasteiger partial charge in [0.05, 0.1) is 30.3 Å². The van der Waals surface area contributed by atoms with Gasteiger partial charge in [0.15, 0.2) is 0 Å². The second kappa shape index (κ2) is 8.45. The highest BCUT2D eigenvalue weighted by Gasteiger charge is 2.16. The largest absolute Gasteiger partial charge is 0.379 e. The number of H-pyrrole nitrogens is 1. The zero-order chi connectivity index (χ0) is 19.3. The van der Waals surface area contributed by atoms with E-state index in [-0.39, 0.29) is 11.8 Å². The quantitative estimate of drug-likeness (QED) is 0.681. The predicted octanol–water partition coefficient (Wildman–Crippen LogP) is 2.52. The van der Waals surface area contributed by atoms with Crippen molar-refractivity contribution in [2.75, 3.05) is 38.6 Å². The van der Waals surface area contributed by atoms with E-state index in [2.05, 4.69) is 19.9 Å². The van der Waals surface area contributed by atoms with Crippen LogP contribution in [-0.2, 0) is 11.2 Å². The smallest absolute Gasteiger partial charge is 0.220 e. The number of nitrogens with two attached hydrogens (primary N) is 1. The van der Waals surface area contributed by atoms with Crippen molar-refractivity contribution in [1.82, 2.24) is 24.8 Å². The summed E-state index contributed by atoms with van der Waals surface area (Å²) in [5.41, 5.74) is 8.74. The van der Waals surface area contributed by atoms with Crippen LogP contribution in [0.1, 0.15) is 12.2 Å². The lowest BCUT2D eigenvalue weighted by Crippen LogP contribution is -2.36. The van der Waals surface area contributed by atoms with Crippen LogP contribution in [0.3, 0.4) is 0 Å². The summed E-state index contributed by atoms with van der Waals surface area (Å²) in [4.78, 5) is 18.8. The number of ether oxygens (including phenoxy) is 1. The van der Waals surface area contributed by atoms with Crippen LogP contribution in [-0.4, -0.2) is 57.7 Å². The lowest BCUT2D eigenvalue weighted by Gasteiger charge is -2.26. The van der Waals surface area contributed by atoms with E-state index in [1.807, 2.05) is 0 Å². The van der Waals surface area contributed by atoms with Gasteiger partial charge in [0, 0.05) is 31.3 Å². The summed E-state index contributed by atoms with van der Waals surface area (Å²) in [6.07, 6.45) is 3.42. The number of benzene rings is 1. The van der Waals surface area contributed by atoms with Crippen LogP contribution >= 0.6 is 0 Å². The maximum atomic E-state index is 13.3. The molecule has 28 heavy (non-hydrogen) atoms. The Kier molecular flexibility index (Phi) is 5.59. The SMILES string of the molecule is Nc1nccc(-c2[nH]c(CCCN3CCOCC3)nc2-c2ccc(F)cc2)n1. The number of aryl methyl sites for hydroxylation is 1. The number of nitrogen functional groups attached to an aromatic ring is 1. The van der Waals surface area contributed by atoms with Gasteiger partial charge in [-0.2, -0.15) is 0 Å². The van der Waals surface area contributed by atoms with E-state index in [0.29, 0.717) is 5.69 Å². The number of aromatic amines is 1. The third kappa shape index (κ3) is 4.35. The molecule has 0 unspecified atom stereocenters. The topological polar surface area (TPSA) is 93.0 Å². The van der Waals surface area contributed by atoms with E-state index in [4.69, 9.17) is 15.5 Å². The third-order valence-electron chi connectivity index (χ3n) is 4.79. The van der Waals surface area contributed by atoms with Gasteiger partial charge in [-0.15, -0.1) is 0 Å². The Morgan fingerprint density at radius 3 is 2.64 bits per heavy atom. The Labute approximate surface area is 162 Å². The Hall–Kier alpha value is -2.84. The number of hydrogen-bond acceptors (Lipinski definition) is 6. The summed E-state index contributed by atoms with van der Waals surface area (Å²) >= 11 is 0.